The summed E-state index contributed by atoms with van der Waals surface area (Å²) in [6, 6.07) is 0. The quantitative estimate of drug-likeness (QED) is 0.254. The molecule has 0 bridgehead atoms. The molecule has 34 heavy (non-hydrogen) atoms. The van der Waals surface area contributed by atoms with E-state index >= 15 is 0 Å². The molecule has 4 N–H and O–H groups in total. The third-order valence-corrected chi connectivity index (χ3v) is 7.32. The number of hydrogen-bond acceptors (Lipinski definition) is 10. The van der Waals surface area contributed by atoms with Crippen LogP contribution in [0.1, 0.15) is 25.7 Å². The van der Waals surface area contributed by atoms with Gasteiger partial charge in [0, 0.05) is 78.5 Å². The standard InChI is InChI=1S/C12H22N4.C10H24N4.C2H2O2/c1-3-13-7-9-15-5-2-6-16-10-8-14(4-1)11(13)12(15)16;1-3-11-7-9-13-5-2-6-14-10-8-12-4-1;3-1-2-4/h11-12H,1-10H2;11-14H,1-10H2;1-2H. The summed E-state index contributed by atoms with van der Waals surface area (Å²) in [5, 5.41) is 13.7. The van der Waals surface area contributed by atoms with Crippen LogP contribution in [-0.2, 0) is 9.59 Å². The number of carbonyl (C=O) groups excluding carboxylic acids is 2. The number of aldehydes is 2. The van der Waals surface area contributed by atoms with Gasteiger partial charge in [-0.3, -0.25) is 29.2 Å². The van der Waals surface area contributed by atoms with E-state index in [0.717, 1.165) is 64.7 Å². The highest BCUT2D eigenvalue weighted by Crippen LogP contribution is 2.31. The van der Waals surface area contributed by atoms with Crippen LogP contribution in [0.25, 0.3) is 0 Å². The molecule has 5 fully saturated rings. The highest BCUT2D eigenvalue weighted by molar-refractivity contribution is 6.09. The number of nitrogens with one attached hydrogen (secondary N) is 4. The molecule has 0 amide bonds. The lowest BCUT2D eigenvalue weighted by atomic mass is 10.0. The summed E-state index contributed by atoms with van der Waals surface area (Å²) in [5.41, 5.74) is 0. The van der Waals surface area contributed by atoms with Crippen LogP contribution >= 0.6 is 0 Å². The molecule has 0 aliphatic carbocycles. The van der Waals surface area contributed by atoms with Crippen molar-refractivity contribution in [1.29, 1.82) is 0 Å². The Bertz CT molecular complexity index is 458. The van der Waals surface area contributed by atoms with Crippen molar-refractivity contribution in [3.63, 3.8) is 0 Å². The van der Waals surface area contributed by atoms with Gasteiger partial charge in [-0.15, -0.1) is 0 Å². The molecule has 5 saturated heterocycles. The van der Waals surface area contributed by atoms with Gasteiger partial charge < -0.3 is 21.3 Å². The number of rotatable bonds is 1. The van der Waals surface area contributed by atoms with Gasteiger partial charge in [0.1, 0.15) is 0 Å². The van der Waals surface area contributed by atoms with Crippen LogP contribution in [0.3, 0.4) is 0 Å². The van der Waals surface area contributed by atoms with Crippen molar-refractivity contribution in [1.82, 2.24) is 40.9 Å². The lowest BCUT2D eigenvalue weighted by Gasteiger charge is -2.61. The predicted molar refractivity (Wildman–Crippen MR) is 136 cm³/mol. The van der Waals surface area contributed by atoms with Gasteiger partial charge in [0.05, 0.1) is 12.3 Å². The van der Waals surface area contributed by atoms with E-state index in [0.29, 0.717) is 0 Å². The van der Waals surface area contributed by atoms with Crippen LogP contribution in [0.15, 0.2) is 0 Å². The molecule has 5 heterocycles. The Balaban J connectivity index is 0.000000167. The largest absolute Gasteiger partial charge is 0.315 e. The minimum absolute atomic E-state index is 0.194. The Morgan fingerprint density at radius 2 is 0.706 bits per heavy atom. The fourth-order valence-corrected chi connectivity index (χ4v) is 5.72. The molecule has 5 rings (SSSR count). The Labute approximate surface area is 206 Å². The van der Waals surface area contributed by atoms with Gasteiger partial charge in [-0.1, -0.05) is 0 Å². The molecular formula is C24H48N8O2. The van der Waals surface area contributed by atoms with E-state index < -0.39 is 0 Å². The highest BCUT2D eigenvalue weighted by atomic mass is 16.2. The fourth-order valence-electron chi connectivity index (χ4n) is 5.72. The molecule has 10 heteroatoms. The number of nitrogens with zero attached hydrogens (tertiary/aromatic N) is 4. The molecule has 0 aromatic heterocycles. The molecule has 0 aromatic rings. The van der Waals surface area contributed by atoms with Gasteiger partial charge in [-0.05, 0) is 51.9 Å². The first-order chi connectivity index (χ1) is 16.8. The van der Waals surface area contributed by atoms with E-state index in [1.54, 1.807) is 0 Å². The van der Waals surface area contributed by atoms with Crippen molar-refractivity contribution in [2.45, 2.75) is 38.0 Å². The zero-order valence-electron chi connectivity index (χ0n) is 21.1. The van der Waals surface area contributed by atoms with E-state index in [-0.39, 0.29) is 12.6 Å². The van der Waals surface area contributed by atoms with Gasteiger partial charge in [0.25, 0.3) is 0 Å². The number of hydrogen-bond donors (Lipinski definition) is 4. The Morgan fingerprint density at radius 1 is 0.412 bits per heavy atom. The van der Waals surface area contributed by atoms with Crippen molar-refractivity contribution in [3.8, 4) is 0 Å². The van der Waals surface area contributed by atoms with E-state index in [9.17, 15) is 0 Å². The number of carbonyl (C=O) groups is 2. The van der Waals surface area contributed by atoms with Crippen LogP contribution < -0.4 is 21.3 Å². The van der Waals surface area contributed by atoms with Crippen LogP contribution in [0, 0.1) is 0 Å². The maximum atomic E-state index is 8.81. The second-order valence-corrected chi connectivity index (χ2v) is 9.66. The van der Waals surface area contributed by atoms with Crippen LogP contribution in [0.4, 0.5) is 0 Å². The van der Waals surface area contributed by atoms with Gasteiger partial charge in [0.2, 0.25) is 0 Å². The van der Waals surface area contributed by atoms with E-state index in [1.807, 2.05) is 0 Å². The first kappa shape index (κ1) is 27.6. The second kappa shape index (κ2) is 16.6. The van der Waals surface area contributed by atoms with E-state index in [2.05, 4.69) is 40.9 Å². The summed E-state index contributed by atoms with van der Waals surface area (Å²) >= 11 is 0. The van der Waals surface area contributed by atoms with Crippen LogP contribution in [0.2, 0.25) is 0 Å². The molecule has 0 saturated carbocycles. The normalized spacial score (nSPS) is 30.2. The summed E-state index contributed by atoms with van der Waals surface area (Å²) in [4.78, 5) is 28.6. The summed E-state index contributed by atoms with van der Waals surface area (Å²) in [7, 11) is 0. The minimum Gasteiger partial charge on any atom is -0.315 e. The third kappa shape index (κ3) is 8.91. The van der Waals surface area contributed by atoms with E-state index in [1.165, 1.54) is 78.0 Å². The SMILES string of the molecule is C1CN2CCN3CCCN4CCN(C1)C2C34.C1CNCCNCCCNCCNC1.O=CC=O. The monoisotopic (exact) mass is 480 g/mol. The van der Waals surface area contributed by atoms with Crippen molar-refractivity contribution in [2.75, 3.05) is 105 Å². The number of piperazine rings is 2. The molecule has 0 aromatic carbocycles. The Kier molecular flexibility index (Phi) is 13.5. The molecule has 196 valence electrons. The molecular weight excluding hydrogens is 432 g/mol. The zero-order valence-corrected chi connectivity index (χ0v) is 21.1. The maximum Gasteiger partial charge on any atom is 0.182 e. The predicted octanol–water partition coefficient (Wildman–Crippen LogP) is -1.80. The van der Waals surface area contributed by atoms with Gasteiger partial charge in [-0.25, -0.2) is 0 Å². The molecule has 0 atom stereocenters. The fraction of sp³-hybridized carbons (Fsp3) is 0.917. The van der Waals surface area contributed by atoms with E-state index in [4.69, 9.17) is 9.59 Å². The zero-order chi connectivity index (χ0) is 23.8. The molecule has 0 spiro atoms. The van der Waals surface area contributed by atoms with Gasteiger partial charge in [0.15, 0.2) is 12.6 Å². The third-order valence-electron chi connectivity index (χ3n) is 7.32. The lowest BCUT2D eigenvalue weighted by Crippen LogP contribution is -2.77. The molecule has 10 nitrogen and oxygen atoms in total. The first-order valence-electron chi connectivity index (χ1n) is 13.5. The maximum absolute atomic E-state index is 8.81. The molecule has 5 aliphatic heterocycles. The Morgan fingerprint density at radius 3 is 0.971 bits per heavy atom. The van der Waals surface area contributed by atoms with Gasteiger partial charge >= 0.3 is 0 Å². The Hall–Kier alpha value is -0.980. The average molecular weight is 481 g/mol. The van der Waals surface area contributed by atoms with Crippen molar-refractivity contribution >= 4 is 12.6 Å². The molecule has 0 unspecified atom stereocenters. The molecule has 0 radical (unpaired) electrons. The highest BCUT2D eigenvalue weighted by Gasteiger charge is 2.48. The summed E-state index contributed by atoms with van der Waals surface area (Å²) in [5.74, 6) is 0. The van der Waals surface area contributed by atoms with Crippen molar-refractivity contribution < 1.29 is 9.59 Å². The first-order valence-corrected chi connectivity index (χ1v) is 13.5. The van der Waals surface area contributed by atoms with Crippen LogP contribution in [-0.4, -0.2) is 149 Å². The summed E-state index contributed by atoms with van der Waals surface area (Å²) < 4.78 is 0. The second-order valence-electron chi connectivity index (χ2n) is 9.66. The topological polar surface area (TPSA) is 95.2 Å². The summed E-state index contributed by atoms with van der Waals surface area (Å²) in [6.07, 6.45) is 7.03. The molecule has 5 aliphatic rings. The lowest BCUT2D eigenvalue weighted by molar-refractivity contribution is -0.179. The minimum atomic E-state index is 0.194. The average Bonchev–Trinajstić information content (AvgIpc) is 2.89. The smallest absolute Gasteiger partial charge is 0.182 e. The van der Waals surface area contributed by atoms with Crippen molar-refractivity contribution in [3.05, 3.63) is 0 Å². The summed E-state index contributed by atoms with van der Waals surface area (Å²) in [6.45, 7) is 19.4. The van der Waals surface area contributed by atoms with Crippen LogP contribution in [0.5, 0.6) is 0 Å². The van der Waals surface area contributed by atoms with Gasteiger partial charge in [-0.2, -0.15) is 0 Å². The van der Waals surface area contributed by atoms with Crippen molar-refractivity contribution in [2.24, 2.45) is 0 Å².